The smallest absolute Gasteiger partial charge is 0.242 e. The fourth-order valence-corrected chi connectivity index (χ4v) is 2.82. The molecule has 110 valence electrons. The number of hydrogen-bond donors (Lipinski definition) is 2. The molecule has 0 spiro atoms. The van der Waals surface area contributed by atoms with Crippen LogP contribution in [0.25, 0.3) is 0 Å². The predicted molar refractivity (Wildman–Crippen MR) is 78.0 cm³/mol. The van der Waals surface area contributed by atoms with E-state index in [0.717, 1.165) is 18.7 Å². The third-order valence-electron chi connectivity index (χ3n) is 3.60. The van der Waals surface area contributed by atoms with Gasteiger partial charge in [0.25, 0.3) is 0 Å². The highest BCUT2D eigenvalue weighted by Crippen LogP contribution is 2.20. The van der Waals surface area contributed by atoms with E-state index in [2.05, 4.69) is 24.2 Å². The summed E-state index contributed by atoms with van der Waals surface area (Å²) in [6, 6.07) is 9.76. The van der Waals surface area contributed by atoms with E-state index in [0.29, 0.717) is 6.54 Å². The van der Waals surface area contributed by atoms with Gasteiger partial charge < -0.3 is 4.74 Å². The molecule has 5 heteroatoms. The van der Waals surface area contributed by atoms with Gasteiger partial charge in [-0.05, 0) is 19.4 Å². The standard InChI is InChI=1S/C15H23N3O2/c1-11-8-18(9-12(2)20-11)10-14(15(19)17-16)13-6-4-3-5-7-13/h3-7,11-12,14H,8-10,16H2,1-2H3,(H,17,19)/t11-,12+,14?. The van der Waals surface area contributed by atoms with Crippen molar-refractivity contribution in [2.75, 3.05) is 19.6 Å². The maximum Gasteiger partial charge on any atom is 0.242 e. The summed E-state index contributed by atoms with van der Waals surface area (Å²) in [5.41, 5.74) is 3.27. The number of carbonyl (C=O) groups is 1. The van der Waals surface area contributed by atoms with Gasteiger partial charge in [-0.15, -0.1) is 0 Å². The molecule has 2 rings (SSSR count). The monoisotopic (exact) mass is 277 g/mol. The van der Waals surface area contributed by atoms with E-state index in [1.807, 2.05) is 30.3 Å². The maximum atomic E-state index is 12.1. The van der Waals surface area contributed by atoms with Gasteiger partial charge in [-0.3, -0.25) is 15.1 Å². The Morgan fingerprint density at radius 2 is 1.95 bits per heavy atom. The Balaban J connectivity index is 2.10. The second-order valence-corrected chi connectivity index (χ2v) is 5.45. The highest BCUT2D eigenvalue weighted by molar-refractivity contribution is 5.83. The van der Waals surface area contributed by atoms with Gasteiger partial charge >= 0.3 is 0 Å². The van der Waals surface area contributed by atoms with Crippen LogP contribution in [0.15, 0.2) is 30.3 Å². The van der Waals surface area contributed by atoms with Gasteiger partial charge in [0.15, 0.2) is 0 Å². The Bertz CT molecular complexity index is 428. The lowest BCUT2D eigenvalue weighted by Gasteiger charge is -2.36. The molecule has 0 radical (unpaired) electrons. The van der Waals surface area contributed by atoms with Gasteiger partial charge in [0, 0.05) is 19.6 Å². The average molecular weight is 277 g/mol. The van der Waals surface area contributed by atoms with Crippen LogP contribution >= 0.6 is 0 Å². The second kappa shape index (κ2) is 6.83. The summed E-state index contributed by atoms with van der Waals surface area (Å²) in [5, 5.41) is 0. The largest absolute Gasteiger partial charge is 0.373 e. The molecule has 1 heterocycles. The number of morpholine rings is 1. The first kappa shape index (κ1) is 15.0. The Morgan fingerprint density at radius 1 is 1.35 bits per heavy atom. The number of ether oxygens (including phenoxy) is 1. The molecule has 1 amide bonds. The minimum Gasteiger partial charge on any atom is -0.373 e. The van der Waals surface area contributed by atoms with Crippen LogP contribution < -0.4 is 11.3 Å². The molecule has 1 fully saturated rings. The van der Waals surface area contributed by atoms with E-state index in [4.69, 9.17) is 10.6 Å². The van der Waals surface area contributed by atoms with Crippen molar-refractivity contribution in [3.8, 4) is 0 Å². The van der Waals surface area contributed by atoms with Crippen LogP contribution in [0.2, 0.25) is 0 Å². The first-order valence-electron chi connectivity index (χ1n) is 7.03. The summed E-state index contributed by atoms with van der Waals surface area (Å²) in [5.74, 6) is 4.93. The van der Waals surface area contributed by atoms with E-state index in [-0.39, 0.29) is 24.0 Å². The van der Waals surface area contributed by atoms with Crippen molar-refractivity contribution in [2.24, 2.45) is 5.84 Å². The maximum absolute atomic E-state index is 12.1. The number of nitrogens with one attached hydrogen (secondary N) is 1. The van der Waals surface area contributed by atoms with Crippen molar-refractivity contribution >= 4 is 5.91 Å². The topological polar surface area (TPSA) is 67.6 Å². The summed E-state index contributed by atoms with van der Waals surface area (Å²) in [7, 11) is 0. The first-order valence-corrected chi connectivity index (χ1v) is 7.03. The summed E-state index contributed by atoms with van der Waals surface area (Å²) >= 11 is 0. The quantitative estimate of drug-likeness (QED) is 0.487. The molecular formula is C15H23N3O2. The van der Waals surface area contributed by atoms with Crippen molar-refractivity contribution in [1.82, 2.24) is 10.3 Å². The molecule has 0 saturated carbocycles. The SMILES string of the molecule is C[C@@H]1CN(CC(C(=O)NN)c2ccccc2)C[C@H](C)O1. The zero-order chi connectivity index (χ0) is 14.5. The van der Waals surface area contributed by atoms with E-state index in [9.17, 15) is 4.79 Å². The molecule has 1 unspecified atom stereocenters. The Kier molecular flexibility index (Phi) is 5.11. The van der Waals surface area contributed by atoms with Gasteiger partial charge in [0.2, 0.25) is 5.91 Å². The van der Waals surface area contributed by atoms with Gasteiger partial charge in [-0.25, -0.2) is 5.84 Å². The van der Waals surface area contributed by atoms with Gasteiger partial charge in [-0.1, -0.05) is 30.3 Å². The number of amides is 1. The number of hydrogen-bond acceptors (Lipinski definition) is 4. The van der Waals surface area contributed by atoms with Gasteiger partial charge in [0.1, 0.15) is 0 Å². The lowest BCUT2D eigenvalue weighted by atomic mass is 9.97. The van der Waals surface area contributed by atoms with Crippen molar-refractivity contribution in [2.45, 2.75) is 32.0 Å². The molecular weight excluding hydrogens is 254 g/mol. The molecule has 1 aliphatic rings. The molecule has 1 aliphatic heterocycles. The van der Waals surface area contributed by atoms with E-state index in [1.165, 1.54) is 0 Å². The van der Waals surface area contributed by atoms with Crippen molar-refractivity contribution in [3.63, 3.8) is 0 Å². The van der Waals surface area contributed by atoms with E-state index >= 15 is 0 Å². The van der Waals surface area contributed by atoms with Crippen LogP contribution in [0.4, 0.5) is 0 Å². The highest BCUT2D eigenvalue weighted by atomic mass is 16.5. The number of hydrazine groups is 1. The van der Waals surface area contributed by atoms with Crippen LogP contribution in [-0.4, -0.2) is 42.6 Å². The number of nitrogens with two attached hydrogens (primary N) is 1. The second-order valence-electron chi connectivity index (χ2n) is 5.45. The number of benzene rings is 1. The summed E-state index contributed by atoms with van der Waals surface area (Å²) < 4.78 is 5.72. The van der Waals surface area contributed by atoms with Crippen LogP contribution in [0.1, 0.15) is 25.3 Å². The molecule has 5 nitrogen and oxygen atoms in total. The van der Waals surface area contributed by atoms with Crippen molar-refractivity contribution < 1.29 is 9.53 Å². The molecule has 1 aromatic rings. The van der Waals surface area contributed by atoms with E-state index in [1.54, 1.807) is 0 Å². The minimum absolute atomic E-state index is 0.150. The average Bonchev–Trinajstić information content (AvgIpc) is 2.44. The Hall–Kier alpha value is -1.43. The number of nitrogens with zero attached hydrogens (tertiary/aromatic N) is 1. The molecule has 0 aliphatic carbocycles. The van der Waals surface area contributed by atoms with Gasteiger partial charge in [0.05, 0.1) is 18.1 Å². The third-order valence-corrected chi connectivity index (χ3v) is 3.60. The molecule has 1 aromatic carbocycles. The lowest BCUT2D eigenvalue weighted by molar-refractivity contribution is -0.124. The summed E-state index contributed by atoms with van der Waals surface area (Å²) in [6.45, 7) is 6.45. The fourth-order valence-electron chi connectivity index (χ4n) is 2.82. The van der Waals surface area contributed by atoms with E-state index < -0.39 is 0 Å². The summed E-state index contributed by atoms with van der Waals surface area (Å²) in [4.78, 5) is 14.3. The zero-order valence-corrected chi connectivity index (χ0v) is 12.1. The zero-order valence-electron chi connectivity index (χ0n) is 12.1. The first-order chi connectivity index (χ1) is 9.60. The third kappa shape index (κ3) is 3.79. The van der Waals surface area contributed by atoms with Crippen LogP contribution in [0, 0.1) is 0 Å². The number of carbonyl (C=O) groups excluding carboxylic acids is 1. The minimum atomic E-state index is -0.251. The highest BCUT2D eigenvalue weighted by Gasteiger charge is 2.28. The van der Waals surface area contributed by atoms with Crippen LogP contribution in [-0.2, 0) is 9.53 Å². The molecule has 20 heavy (non-hydrogen) atoms. The Labute approximate surface area is 120 Å². The predicted octanol–water partition coefficient (Wildman–Crippen LogP) is 0.869. The van der Waals surface area contributed by atoms with Crippen molar-refractivity contribution in [3.05, 3.63) is 35.9 Å². The lowest BCUT2D eigenvalue weighted by Crippen LogP contribution is -2.49. The molecule has 1 saturated heterocycles. The van der Waals surface area contributed by atoms with Crippen molar-refractivity contribution in [1.29, 1.82) is 0 Å². The molecule has 0 aromatic heterocycles. The summed E-state index contributed by atoms with van der Waals surface area (Å²) in [6.07, 6.45) is 0.382. The van der Waals surface area contributed by atoms with Crippen LogP contribution in [0.3, 0.4) is 0 Å². The Morgan fingerprint density at radius 3 is 2.50 bits per heavy atom. The molecule has 0 bridgehead atoms. The number of rotatable bonds is 4. The van der Waals surface area contributed by atoms with Gasteiger partial charge in [-0.2, -0.15) is 0 Å². The fraction of sp³-hybridized carbons (Fsp3) is 0.533. The van der Waals surface area contributed by atoms with Crippen LogP contribution in [0.5, 0.6) is 0 Å². The molecule has 3 atom stereocenters. The molecule has 3 N–H and O–H groups in total. The normalized spacial score (nSPS) is 25.1.